The van der Waals surface area contributed by atoms with Gasteiger partial charge in [0, 0.05) is 6.92 Å². The van der Waals surface area contributed by atoms with Crippen LogP contribution in [-0.4, -0.2) is 54.9 Å². The van der Waals surface area contributed by atoms with Gasteiger partial charge in [-0.1, -0.05) is 0 Å². The Hall–Kier alpha value is -0.730. The Kier molecular flexibility index (Phi) is 3.35. The van der Waals surface area contributed by atoms with Crippen LogP contribution in [0, 0.1) is 0 Å². The van der Waals surface area contributed by atoms with E-state index < -0.39 is 29.4 Å². The lowest BCUT2D eigenvalue weighted by Gasteiger charge is -2.40. The third-order valence-electron chi connectivity index (χ3n) is 3.75. The Morgan fingerprint density at radius 2 is 1.86 bits per heavy atom. The van der Waals surface area contributed by atoms with Gasteiger partial charge >= 0.3 is 5.97 Å². The summed E-state index contributed by atoms with van der Waals surface area (Å²) in [6.07, 6.45) is -1.08. The van der Waals surface area contributed by atoms with Crippen molar-refractivity contribution in [1.82, 2.24) is 0 Å². The molecule has 0 aromatic carbocycles. The molecule has 3 rings (SSSR count). The Morgan fingerprint density at radius 1 is 1.14 bits per heavy atom. The minimum absolute atomic E-state index is 0.0383. The molecule has 3 fully saturated rings. The molecule has 0 aliphatic carbocycles. The Balaban J connectivity index is 1.86. The van der Waals surface area contributed by atoms with Crippen LogP contribution in [-0.2, 0) is 33.2 Å². The van der Waals surface area contributed by atoms with E-state index in [0.717, 1.165) is 0 Å². The van der Waals surface area contributed by atoms with Crippen molar-refractivity contribution in [2.24, 2.45) is 0 Å². The Bertz CT molecular complexity index is 447. The van der Waals surface area contributed by atoms with Crippen molar-refractivity contribution in [3.05, 3.63) is 0 Å². The summed E-state index contributed by atoms with van der Waals surface area (Å²) in [6, 6.07) is 0. The topological polar surface area (TPSA) is 72.5 Å². The SMILES string of the molecule is CC(=O)OCC12OCC3OC(C)(C)OC3C1OC(C)(C)O2. The highest BCUT2D eigenvalue weighted by Crippen LogP contribution is 2.47. The van der Waals surface area contributed by atoms with Gasteiger partial charge in [-0.15, -0.1) is 0 Å². The van der Waals surface area contributed by atoms with Gasteiger partial charge in [0.15, 0.2) is 11.6 Å². The highest BCUT2D eigenvalue weighted by atomic mass is 16.9. The molecule has 0 spiro atoms. The number of esters is 1. The van der Waals surface area contributed by atoms with Gasteiger partial charge in [-0.2, -0.15) is 0 Å². The predicted octanol–water partition coefficient (Wildman–Crippen LogP) is 0.948. The standard InChI is InChI=1S/C14H22O7/c1-8(15)16-7-14-11(20-13(4,5)21-14)10-9(6-17-14)18-12(2,3)19-10/h9-11H,6-7H2,1-5H3. The summed E-state index contributed by atoms with van der Waals surface area (Å²) in [6.45, 7) is 8.88. The molecule has 0 bridgehead atoms. The zero-order valence-electron chi connectivity index (χ0n) is 13.0. The lowest BCUT2D eigenvalue weighted by atomic mass is 9.97. The van der Waals surface area contributed by atoms with E-state index in [1.807, 2.05) is 13.8 Å². The van der Waals surface area contributed by atoms with E-state index in [9.17, 15) is 4.79 Å². The van der Waals surface area contributed by atoms with Crippen LogP contribution in [0.4, 0.5) is 0 Å². The molecule has 7 nitrogen and oxygen atoms in total. The van der Waals surface area contributed by atoms with Crippen LogP contribution < -0.4 is 0 Å². The van der Waals surface area contributed by atoms with Crippen molar-refractivity contribution in [2.75, 3.05) is 13.2 Å². The van der Waals surface area contributed by atoms with E-state index in [-0.39, 0.29) is 18.8 Å². The summed E-state index contributed by atoms with van der Waals surface area (Å²) in [5.74, 6) is -3.10. The minimum atomic E-state index is -1.15. The van der Waals surface area contributed by atoms with Gasteiger partial charge in [-0.25, -0.2) is 0 Å². The van der Waals surface area contributed by atoms with Crippen molar-refractivity contribution in [3.63, 3.8) is 0 Å². The first kappa shape index (κ1) is 15.2. The number of hydrogen-bond acceptors (Lipinski definition) is 7. The highest BCUT2D eigenvalue weighted by molar-refractivity contribution is 5.65. The summed E-state index contributed by atoms with van der Waals surface area (Å²) >= 11 is 0. The first-order chi connectivity index (χ1) is 9.63. The van der Waals surface area contributed by atoms with E-state index in [0.29, 0.717) is 6.61 Å². The summed E-state index contributed by atoms with van der Waals surface area (Å²) in [5.41, 5.74) is 0. The molecule has 0 aromatic heterocycles. The number of carbonyl (C=O) groups is 1. The van der Waals surface area contributed by atoms with Crippen LogP contribution >= 0.6 is 0 Å². The Labute approximate surface area is 123 Å². The maximum absolute atomic E-state index is 11.1. The molecule has 0 aromatic rings. The fourth-order valence-electron chi connectivity index (χ4n) is 3.15. The predicted molar refractivity (Wildman–Crippen MR) is 69.2 cm³/mol. The first-order valence-electron chi connectivity index (χ1n) is 7.13. The molecular formula is C14H22O7. The molecule has 4 atom stereocenters. The maximum atomic E-state index is 11.1. The third-order valence-corrected chi connectivity index (χ3v) is 3.75. The van der Waals surface area contributed by atoms with Gasteiger partial charge in [-0.3, -0.25) is 4.79 Å². The summed E-state index contributed by atoms with van der Waals surface area (Å²) in [4.78, 5) is 11.1. The van der Waals surface area contributed by atoms with Crippen LogP contribution in [0.25, 0.3) is 0 Å². The maximum Gasteiger partial charge on any atom is 0.302 e. The normalized spacial score (nSPS) is 43.2. The fraction of sp³-hybridized carbons (Fsp3) is 0.929. The summed E-state index contributed by atoms with van der Waals surface area (Å²) in [7, 11) is 0. The Morgan fingerprint density at radius 3 is 2.52 bits per heavy atom. The lowest BCUT2D eigenvalue weighted by molar-refractivity contribution is -0.295. The van der Waals surface area contributed by atoms with Gasteiger partial charge in [0.05, 0.1) is 6.61 Å². The number of fused-ring (bicyclic) bond motifs is 3. The smallest absolute Gasteiger partial charge is 0.302 e. The monoisotopic (exact) mass is 302 g/mol. The van der Waals surface area contributed by atoms with E-state index >= 15 is 0 Å². The van der Waals surface area contributed by atoms with Crippen molar-refractivity contribution in [3.8, 4) is 0 Å². The highest BCUT2D eigenvalue weighted by Gasteiger charge is 2.65. The fourth-order valence-corrected chi connectivity index (χ4v) is 3.15. The quantitative estimate of drug-likeness (QED) is 0.703. The number of hydrogen-bond donors (Lipinski definition) is 0. The molecule has 7 heteroatoms. The van der Waals surface area contributed by atoms with Gasteiger partial charge in [-0.05, 0) is 27.7 Å². The van der Waals surface area contributed by atoms with Gasteiger partial charge < -0.3 is 28.4 Å². The molecule has 3 aliphatic rings. The van der Waals surface area contributed by atoms with Crippen molar-refractivity contribution >= 4 is 5.97 Å². The van der Waals surface area contributed by atoms with E-state index in [1.165, 1.54) is 6.92 Å². The lowest BCUT2D eigenvalue weighted by Crippen LogP contribution is -2.60. The van der Waals surface area contributed by atoms with E-state index in [4.69, 9.17) is 28.4 Å². The van der Waals surface area contributed by atoms with Crippen LogP contribution in [0.2, 0.25) is 0 Å². The van der Waals surface area contributed by atoms with Crippen LogP contribution in [0.5, 0.6) is 0 Å². The second kappa shape index (κ2) is 4.63. The van der Waals surface area contributed by atoms with Crippen LogP contribution in [0.1, 0.15) is 34.6 Å². The zero-order chi connectivity index (χ0) is 15.5. The van der Waals surface area contributed by atoms with Gasteiger partial charge in [0.2, 0.25) is 5.79 Å². The second-order valence-corrected chi connectivity index (χ2v) is 6.58. The average Bonchev–Trinajstić information content (AvgIpc) is 2.78. The van der Waals surface area contributed by atoms with Crippen LogP contribution in [0.15, 0.2) is 0 Å². The molecule has 0 saturated carbocycles. The van der Waals surface area contributed by atoms with Crippen molar-refractivity contribution in [1.29, 1.82) is 0 Å². The number of ether oxygens (including phenoxy) is 6. The minimum Gasteiger partial charge on any atom is -0.460 e. The first-order valence-corrected chi connectivity index (χ1v) is 7.13. The number of rotatable bonds is 2. The molecule has 0 radical (unpaired) electrons. The summed E-state index contributed by atoms with van der Waals surface area (Å²) < 4.78 is 34.6. The molecule has 21 heavy (non-hydrogen) atoms. The third kappa shape index (κ3) is 2.68. The van der Waals surface area contributed by atoms with Crippen molar-refractivity contribution < 1.29 is 33.2 Å². The van der Waals surface area contributed by atoms with E-state index in [1.54, 1.807) is 13.8 Å². The molecule has 120 valence electrons. The van der Waals surface area contributed by atoms with Gasteiger partial charge in [0.1, 0.15) is 24.9 Å². The van der Waals surface area contributed by atoms with Crippen molar-refractivity contribution in [2.45, 2.75) is 70.3 Å². The molecular weight excluding hydrogens is 280 g/mol. The largest absolute Gasteiger partial charge is 0.460 e. The number of carbonyl (C=O) groups excluding carboxylic acids is 1. The molecule has 3 heterocycles. The zero-order valence-corrected chi connectivity index (χ0v) is 13.0. The molecule has 3 saturated heterocycles. The average molecular weight is 302 g/mol. The molecule has 0 amide bonds. The molecule has 0 N–H and O–H groups in total. The molecule has 3 aliphatic heterocycles. The van der Waals surface area contributed by atoms with Gasteiger partial charge in [0.25, 0.3) is 0 Å². The van der Waals surface area contributed by atoms with Crippen LogP contribution in [0.3, 0.4) is 0 Å². The van der Waals surface area contributed by atoms with E-state index in [2.05, 4.69) is 0 Å². The second-order valence-electron chi connectivity index (χ2n) is 6.58. The molecule has 4 unspecified atom stereocenters. The summed E-state index contributed by atoms with van der Waals surface area (Å²) in [5, 5.41) is 0.